The molecule has 148 valence electrons. The lowest BCUT2D eigenvalue weighted by atomic mass is 9.80. The van der Waals surface area contributed by atoms with E-state index in [2.05, 4.69) is 39.4 Å². The van der Waals surface area contributed by atoms with Crippen LogP contribution in [0.5, 0.6) is 0 Å². The number of hydrogen-bond acceptors (Lipinski definition) is 5. The van der Waals surface area contributed by atoms with Crippen molar-refractivity contribution in [3.05, 3.63) is 0 Å². The Morgan fingerprint density at radius 1 is 1.27 bits per heavy atom. The molecule has 6 nitrogen and oxygen atoms in total. The Hall–Kier alpha value is -0.760. The van der Waals surface area contributed by atoms with Crippen molar-refractivity contribution in [2.75, 3.05) is 46.8 Å². The van der Waals surface area contributed by atoms with Crippen molar-refractivity contribution >= 4 is 5.91 Å². The predicted molar refractivity (Wildman–Crippen MR) is 99.3 cm³/mol. The first-order valence-electron chi connectivity index (χ1n) is 10.4. The van der Waals surface area contributed by atoms with E-state index in [9.17, 15) is 9.18 Å². The van der Waals surface area contributed by atoms with Crippen molar-refractivity contribution in [1.82, 2.24) is 25.3 Å². The molecule has 6 unspecified atom stereocenters. The third kappa shape index (κ3) is 3.63. The number of alkyl halides is 1. The predicted octanol–water partition coefficient (Wildman–Crippen LogP) is 0.454. The van der Waals surface area contributed by atoms with Crippen LogP contribution in [0.3, 0.4) is 0 Å². The number of amides is 1. The second-order valence-electron chi connectivity index (χ2n) is 8.94. The van der Waals surface area contributed by atoms with E-state index in [0.717, 1.165) is 32.1 Å². The highest BCUT2D eigenvalue weighted by molar-refractivity contribution is 5.80. The Bertz CT molecular complexity index is 518. The van der Waals surface area contributed by atoms with Crippen molar-refractivity contribution in [2.24, 2.45) is 11.8 Å². The summed E-state index contributed by atoms with van der Waals surface area (Å²) in [5.41, 5.74) is 0. The topological polar surface area (TPSA) is 50.9 Å². The van der Waals surface area contributed by atoms with Crippen molar-refractivity contribution in [3.63, 3.8) is 0 Å². The fourth-order valence-electron chi connectivity index (χ4n) is 5.57. The minimum Gasteiger partial charge on any atom is -0.355 e. The third-order valence-corrected chi connectivity index (χ3v) is 6.79. The maximum atomic E-state index is 14.3. The van der Waals surface area contributed by atoms with Gasteiger partial charge in [0.1, 0.15) is 12.5 Å². The molecular formula is C19H34FN5O. The van der Waals surface area contributed by atoms with Crippen LogP contribution in [0.25, 0.3) is 0 Å². The number of hydrogen-bond donors (Lipinski definition) is 2. The lowest BCUT2D eigenvalue weighted by molar-refractivity contribution is -0.127. The lowest BCUT2D eigenvalue weighted by Crippen LogP contribution is -2.55. The van der Waals surface area contributed by atoms with Gasteiger partial charge in [0.2, 0.25) is 5.91 Å². The number of carbonyl (C=O) groups is 1. The molecule has 1 aliphatic carbocycles. The molecule has 7 heteroatoms. The molecule has 4 fully saturated rings. The summed E-state index contributed by atoms with van der Waals surface area (Å²) >= 11 is 0. The zero-order valence-electron chi connectivity index (χ0n) is 16.2. The van der Waals surface area contributed by atoms with Gasteiger partial charge in [0.05, 0.1) is 5.92 Å². The molecule has 0 bridgehead atoms. The van der Waals surface area contributed by atoms with E-state index < -0.39 is 6.17 Å². The van der Waals surface area contributed by atoms with E-state index in [0.29, 0.717) is 19.4 Å². The summed E-state index contributed by atoms with van der Waals surface area (Å²) in [6.45, 7) is 4.86. The molecular weight excluding hydrogens is 333 g/mol. The van der Waals surface area contributed by atoms with Gasteiger partial charge in [0, 0.05) is 38.3 Å². The first-order chi connectivity index (χ1) is 12.5. The quantitative estimate of drug-likeness (QED) is 0.756. The zero-order chi connectivity index (χ0) is 18.3. The highest BCUT2D eigenvalue weighted by Crippen LogP contribution is 2.38. The van der Waals surface area contributed by atoms with Gasteiger partial charge in [-0.05, 0) is 58.7 Å². The number of nitrogens with one attached hydrogen (secondary N) is 2. The largest absolute Gasteiger partial charge is 0.355 e. The highest BCUT2D eigenvalue weighted by atomic mass is 19.1. The maximum Gasteiger partial charge on any atom is 0.224 e. The van der Waals surface area contributed by atoms with Crippen LogP contribution in [0.2, 0.25) is 0 Å². The van der Waals surface area contributed by atoms with Crippen LogP contribution in [0.1, 0.15) is 32.1 Å². The third-order valence-electron chi connectivity index (χ3n) is 6.79. The minimum atomic E-state index is -0.868. The Balaban J connectivity index is 1.48. The molecule has 0 aromatic rings. The van der Waals surface area contributed by atoms with E-state index in [1.807, 2.05) is 0 Å². The van der Waals surface area contributed by atoms with E-state index in [4.69, 9.17) is 0 Å². The zero-order valence-corrected chi connectivity index (χ0v) is 16.2. The molecule has 3 aliphatic heterocycles. The number of nitrogens with zero attached hydrogens (tertiary/aromatic N) is 3. The van der Waals surface area contributed by atoms with Gasteiger partial charge in [-0.1, -0.05) is 0 Å². The monoisotopic (exact) mass is 367 g/mol. The van der Waals surface area contributed by atoms with Gasteiger partial charge in [-0.25, -0.2) is 4.39 Å². The molecule has 4 aliphatic rings. The molecule has 3 saturated heterocycles. The second kappa shape index (κ2) is 7.70. The molecule has 3 heterocycles. The van der Waals surface area contributed by atoms with Gasteiger partial charge in [0.15, 0.2) is 0 Å². The lowest BCUT2D eigenvalue weighted by Gasteiger charge is -2.41. The molecule has 0 spiro atoms. The summed E-state index contributed by atoms with van der Waals surface area (Å²) in [7, 11) is 4.27. The molecule has 4 rings (SSSR count). The summed E-state index contributed by atoms with van der Waals surface area (Å²) in [6.07, 6.45) is 3.98. The highest BCUT2D eigenvalue weighted by Gasteiger charge is 2.53. The Morgan fingerprint density at radius 3 is 2.92 bits per heavy atom. The SMILES string of the molecule is CN(C)CCC1CCCN(C2NC3CC(F)CC4C(=O)NCCN2C34)C1. The van der Waals surface area contributed by atoms with E-state index in [-0.39, 0.29) is 30.2 Å². The van der Waals surface area contributed by atoms with Crippen molar-refractivity contribution in [1.29, 1.82) is 0 Å². The van der Waals surface area contributed by atoms with Crippen LogP contribution < -0.4 is 10.6 Å². The molecule has 26 heavy (non-hydrogen) atoms. The summed E-state index contributed by atoms with van der Waals surface area (Å²) in [4.78, 5) is 19.7. The number of halogens is 1. The number of rotatable bonds is 4. The molecule has 2 N–H and O–H groups in total. The standard InChI is InChI=1S/C19H34FN5O/c1-23(2)8-5-13-4-3-7-24(12-13)19-22-16-11-14(20)10-15-17(16)25(19)9-6-21-18(15)26/h13-17,19,22H,3-12H2,1-2H3,(H,21,26). The first kappa shape index (κ1) is 18.6. The van der Waals surface area contributed by atoms with E-state index in [1.165, 1.54) is 19.3 Å². The van der Waals surface area contributed by atoms with Gasteiger partial charge < -0.3 is 10.2 Å². The summed E-state index contributed by atoms with van der Waals surface area (Å²) in [6, 6.07) is 0.247. The maximum absolute atomic E-state index is 14.3. The molecule has 6 atom stereocenters. The van der Waals surface area contributed by atoms with Crippen LogP contribution in [-0.4, -0.2) is 92.0 Å². The summed E-state index contributed by atoms with van der Waals surface area (Å²) < 4.78 is 14.3. The summed E-state index contributed by atoms with van der Waals surface area (Å²) in [5.74, 6) is 0.569. The Morgan fingerprint density at radius 2 is 2.12 bits per heavy atom. The molecule has 0 radical (unpaired) electrons. The van der Waals surface area contributed by atoms with Crippen molar-refractivity contribution in [3.8, 4) is 0 Å². The average Bonchev–Trinajstić information content (AvgIpc) is 2.89. The van der Waals surface area contributed by atoms with Crippen molar-refractivity contribution in [2.45, 2.75) is 56.6 Å². The fourth-order valence-corrected chi connectivity index (χ4v) is 5.57. The molecule has 0 aromatic heterocycles. The van der Waals surface area contributed by atoms with E-state index >= 15 is 0 Å². The van der Waals surface area contributed by atoms with Gasteiger partial charge >= 0.3 is 0 Å². The van der Waals surface area contributed by atoms with Crippen LogP contribution in [0.15, 0.2) is 0 Å². The Kier molecular flexibility index (Phi) is 5.51. The van der Waals surface area contributed by atoms with Crippen LogP contribution in [0, 0.1) is 11.8 Å². The van der Waals surface area contributed by atoms with Gasteiger partial charge in [-0.15, -0.1) is 0 Å². The minimum absolute atomic E-state index is 0.0507. The molecule has 1 amide bonds. The Labute approximate surface area is 156 Å². The molecule has 0 aromatic carbocycles. The van der Waals surface area contributed by atoms with Gasteiger partial charge in [-0.2, -0.15) is 0 Å². The smallest absolute Gasteiger partial charge is 0.224 e. The number of piperidine rings is 1. The first-order valence-corrected chi connectivity index (χ1v) is 10.4. The number of likely N-dealkylation sites (tertiary alicyclic amines) is 1. The molecule has 1 saturated carbocycles. The second-order valence-corrected chi connectivity index (χ2v) is 8.94. The van der Waals surface area contributed by atoms with Gasteiger partial charge in [-0.3, -0.25) is 19.9 Å². The summed E-state index contributed by atoms with van der Waals surface area (Å²) in [5, 5.41) is 6.73. The fraction of sp³-hybridized carbons (Fsp3) is 0.947. The van der Waals surface area contributed by atoms with Crippen LogP contribution in [0.4, 0.5) is 4.39 Å². The van der Waals surface area contributed by atoms with E-state index in [1.54, 1.807) is 0 Å². The van der Waals surface area contributed by atoms with Crippen LogP contribution >= 0.6 is 0 Å². The number of carbonyl (C=O) groups excluding carboxylic acids is 1. The van der Waals surface area contributed by atoms with Gasteiger partial charge in [0.25, 0.3) is 0 Å². The average molecular weight is 368 g/mol. The van der Waals surface area contributed by atoms with Crippen LogP contribution in [-0.2, 0) is 4.79 Å². The van der Waals surface area contributed by atoms with Crippen molar-refractivity contribution < 1.29 is 9.18 Å². The normalized spacial score (nSPS) is 41.8.